The van der Waals surface area contributed by atoms with E-state index in [0.717, 1.165) is 54.6 Å². The number of hydrogen-bond acceptors (Lipinski definition) is 1. The van der Waals surface area contributed by atoms with Gasteiger partial charge in [0.1, 0.15) is 5.82 Å². The highest BCUT2D eigenvalue weighted by molar-refractivity contribution is 7.78. The van der Waals surface area contributed by atoms with Crippen molar-refractivity contribution >= 4 is 18.9 Å². The number of carbonyl (C=O) groups is 1. The van der Waals surface area contributed by atoms with Crippen LogP contribution >= 0.6 is 7.26 Å². The van der Waals surface area contributed by atoms with Gasteiger partial charge in [-0.1, -0.05) is 0 Å². The van der Waals surface area contributed by atoms with Crippen LogP contribution in [-0.2, 0) is 4.79 Å². The maximum absolute atomic E-state index is 13.5. The van der Waals surface area contributed by atoms with Gasteiger partial charge in [0.25, 0.3) is 5.91 Å². The maximum atomic E-state index is 13.5. The topological polar surface area (TPSA) is 29.1 Å². The first-order chi connectivity index (χ1) is 10.9. The van der Waals surface area contributed by atoms with Gasteiger partial charge < -0.3 is 5.32 Å². The third kappa shape index (κ3) is 2.93. The summed E-state index contributed by atoms with van der Waals surface area (Å²) in [7, 11) is -1.29. The molecule has 1 N–H and O–H groups in total. The molecule has 2 nitrogen and oxygen atoms in total. The number of benzene rings is 1. The molecule has 1 aromatic carbocycles. The summed E-state index contributed by atoms with van der Waals surface area (Å²) in [6.45, 7) is 10.5. The number of anilines is 1. The Morgan fingerprint density at radius 3 is 1.96 bits per heavy atom. The molecule has 1 aromatic rings. The van der Waals surface area contributed by atoms with E-state index in [4.69, 9.17) is 0 Å². The summed E-state index contributed by atoms with van der Waals surface area (Å²) in [6.07, 6.45) is 6.58. The zero-order chi connectivity index (χ0) is 17.3. The van der Waals surface area contributed by atoms with Crippen molar-refractivity contribution in [3.63, 3.8) is 0 Å². The van der Waals surface area contributed by atoms with Crippen molar-refractivity contribution < 1.29 is 9.18 Å². The molecule has 1 aliphatic rings. The van der Waals surface area contributed by atoms with Gasteiger partial charge in [0.05, 0.1) is 18.5 Å². The fourth-order valence-electron chi connectivity index (χ4n) is 4.35. The Bertz CT molecular complexity index is 560. The molecule has 0 aromatic heterocycles. The van der Waals surface area contributed by atoms with Gasteiger partial charge in [0, 0.05) is 12.9 Å². The standard InChI is InChI=1S/C19H29FNOP/c1-6-23(7-2,8-3)19(10-9-11-19)18(22)21-17-14(4)12-16(20)13-15(17)5/h12-13H,6-11H2,1-5H3/p+1. The Morgan fingerprint density at radius 1 is 1.13 bits per heavy atom. The van der Waals surface area contributed by atoms with E-state index in [1.807, 2.05) is 13.8 Å². The summed E-state index contributed by atoms with van der Waals surface area (Å²) < 4.78 is 13.5. The summed E-state index contributed by atoms with van der Waals surface area (Å²) in [6, 6.07) is 3.00. The summed E-state index contributed by atoms with van der Waals surface area (Å²) in [4.78, 5) is 13.3. The second kappa shape index (κ2) is 6.89. The van der Waals surface area contributed by atoms with Crippen LogP contribution in [0.5, 0.6) is 0 Å². The highest BCUT2D eigenvalue weighted by Crippen LogP contribution is 2.74. The molecule has 1 saturated carbocycles. The van der Waals surface area contributed by atoms with Crippen LogP contribution in [0.3, 0.4) is 0 Å². The predicted octanol–water partition coefficient (Wildman–Crippen LogP) is 5.38. The lowest BCUT2D eigenvalue weighted by Crippen LogP contribution is -2.52. The highest BCUT2D eigenvalue weighted by Gasteiger charge is 2.63. The van der Waals surface area contributed by atoms with Crippen LogP contribution in [0.4, 0.5) is 10.1 Å². The Morgan fingerprint density at radius 2 is 1.61 bits per heavy atom. The lowest BCUT2D eigenvalue weighted by molar-refractivity contribution is -0.120. The Balaban J connectivity index is 2.35. The summed E-state index contributed by atoms with van der Waals surface area (Å²) in [5.41, 5.74) is 2.40. The van der Waals surface area contributed by atoms with Gasteiger partial charge in [-0.25, -0.2) is 4.39 Å². The van der Waals surface area contributed by atoms with Crippen LogP contribution in [0.1, 0.15) is 51.2 Å². The van der Waals surface area contributed by atoms with E-state index in [-0.39, 0.29) is 16.9 Å². The van der Waals surface area contributed by atoms with Crippen molar-refractivity contribution in [3.8, 4) is 0 Å². The van der Waals surface area contributed by atoms with Gasteiger partial charge in [0.15, 0.2) is 5.16 Å². The van der Waals surface area contributed by atoms with Crippen LogP contribution in [0, 0.1) is 19.7 Å². The molecular formula is C19H30FNOP+. The van der Waals surface area contributed by atoms with Crippen molar-refractivity contribution in [2.45, 2.75) is 59.0 Å². The van der Waals surface area contributed by atoms with Gasteiger partial charge in [-0.3, -0.25) is 4.79 Å². The van der Waals surface area contributed by atoms with Crippen LogP contribution in [0.2, 0.25) is 0 Å². The van der Waals surface area contributed by atoms with Crippen LogP contribution in [-0.4, -0.2) is 29.5 Å². The average molecular weight is 338 g/mol. The van der Waals surface area contributed by atoms with Crippen LogP contribution < -0.4 is 5.32 Å². The number of halogens is 1. The quantitative estimate of drug-likeness (QED) is 0.693. The minimum absolute atomic E-state index is 0.154. The Labute approximate surface area is 140 Å². The molecule has 0 unspecified atom stereocenters. The lowest BCUT2D eigenvalue weighted by atomic mass is 9.83. The van der Waals surface area contributed by atoms with E-state index in [0.29, 0.717) is 0 Å². The van der Waals surface area contributed by atoms with Gasteiger partial charge in [0.2, 0.25) is 0 Å². The molecule has 0 aliphatic heterocycles. The molecular weight excluding hydrogens is 308 g/mol. The molecule has 128 valence electrons. The smallest absolute Gasteiger partial charge is 0.268 e. The van der Waals surface area contributed by atoms with Gasteiger partial charge >= 0.3 is 0 Å². The Kier molecular flexibility index (Phi) is 5.51. The molecule has 0 atom stereocenters. The van der Waals surface area contributed by atoms with Crippen molar-refractivity contribution in [1.82, 2.24) is 0 Å². The fraction of sp³-hybridized carbons (Fsp3) is 0.632. The number of aryl methyl sites for hydroxylation is 2. The minimum Gasteiger partial charge on any atom is -0.322 e. The zero-order valence-corrected chi connectivity index (χ0v) is 16.0. The van der Waals surface area contributed by atoms with Crippen molar-refractivity contribution in [1.29, 1.82) is 0 Å². The first kappa shape index (κ1) is 18.4. The van der Waals surface area contributed by atoms with Crippen LogP contribution in [0.15, 0.2) is 12.1 Å². The summed E-state index contributed by atoms with van der Waals surface area (Å²) in [5, 5.41) is 3.02. The molecule has 1 fully saturated rings. The average Bonchev–Trinajstić information content (AvgIpc) is 2.46. The number of hydrogen-bond donors (Lipinski definition) is 1. The van der Waals surface area contributed by atoms with Crippen molar-refractivity contribution in [2.24, 2.45) is 0 Å². The third-order valence-electron chi connectivity index (χ3n) is 6.06. The van der Waals surface area contributed by atoms with Crippen LogP contribution in [0.25, 0.3) is 0 Å². The molecule has 1 amide bonds. The first-order valence-electron chi connectivity index (χ1n) is 8.80. The predicted molar refractivity (Wildman–Crippen MR) is 99.6 cm³/mol. The lowest BCUT2D eigenvalue weighted by Gasteiger charge is -2.48. The molecule has 0 heterocycles. The minimum atomic E-state index is -1.29. The molecule has 0 spiro atoms. The number of carbonyl (C=O) groups excluding carboxylic acids is 1. The third-order valence-corrected chi connectivity index (χ3v) is 12.2. The summed E-state index contributed by atoms with van der Waals surface area (Å²) >= 11 is 0. The molecule has 0 bridgehead atoms. The normalized spacial score (nSPS) is 16.8. The van der Waals surface area contributed by atoms with E-state index in [1.54, 1.807) is 0 Å². The maximum Gasteiger partial charge on any atom is 0.268 e. The van der Waals surface area contributed by atoms with Crippen molar-refractivity contribution in [2.75, 3.05) is 23.8 Å². The highest BCUT2D eigenvalue weighted by atomic mass is 31.2. The van der Waals surface area contributed by atoms with E-state index in [1.165, 1.54) is 12.1 Å². The first-order valence-corrected chi connectivity index (χ1v) is 11.1. The van der Waals surface area contributed by atoms with E-state index in [2.05, 4.69) is 26.1 Å². The zero-order valence-electron chi connectivity index (χ0n) is 15.1. The van der Waals surface area contributed by atoms with Crippen molar-refractivity contribution in [3.05, 3.63) is 29.1 Å². The number of amides is 1. The van der Waals surface area contributed by atoms with E-state index < -0.39 is 7.26 Å². The largest absolute Gasteiger partial charge is 0.322 e. The fourth-order valence-corrected chi connectivity index (χ4v) is 9.25. The molecule has 1 aliphatic carbocycles. The van der Waals surface area contributed by atoms with Gasteiger partial charge in [-0.05, 0) is 77.1 Å². The van der Waals surface area contributed by atoms with Gasteiger partial charge in [-0.15, -0.1) is 0 Å². The number of nitrogens with one attached hydrogen (secondary N) is 1. The molecule has 4 heteroatoms. The van der Waals surface area contributed by atoms with E-state index in [9.17, 15) is 9.18 Å². The second-order valence-corrected chi connectivity index (χ2v) is 11.9. The number of rotatable bonds is 6. The molecule has 23 heavy (non-hydrogen) atoms. The van der Waals surface area contributed by atoms with Gasteiger partial charge in [-0.2, -0.15) is 0 Å². The monoisotopic (exact) mass is 338 g/mol. The second-order valence-electron chi connectivity index (χ2n) is 6.85. The van der Waals surface area contributed by atoms with E-state index >= 15 is 0 Å². The molecule has 0 radical (unpaired) electrons. The summed E-state index contributed by atoms with van der Waals surface area (Å²) in [5.74, 6) is -0.0608. The Hall–Kier alpha value is -0.950. The SMILES string of the molecule is CC[P+](CC)(CC)C1(C(=O)Nc2c(C)cc(F)cc2C)CCC1. The molecule has 2 rings (SSSR count). The molecule has 0 saturated heterocycles.